The van der Waals surface area contributed by atoms with Crippen LogP contribution in [-0.2, 0) is 4.79 Å². The summed E-state index contributed by atoms with van der Waals surface area (Å²) >= 11 is 5.88. The molecule has 0 radical (unpaired) electrons. The number of aryl methyl sites for hydroxylation is 1. The summed E-state index contributed by atoms with van der Waals surface area (Å²) in [6, 6.07) is 5.46. The van der Waals surface area contributed by atoms with Crippen molar-refractivity contribution in [3.8, 4) is 0 Å². The molecule has 2 N–H and O–H groups in total. The summed E-state index contributed by atoms with van der Waals surface area (Å²) in [6.45, 7) is 7.30. The van der Waals surface area contributed by atoms with Crippen molar-refractivity contribution in [3.05, 3.63) is 28.8 Å². The van der Waals surface area contributed by atoms with E-state index in [1.807, 2.05) is 19.1 Å². The Morgan fingerprint density at radius 3 is 2.67 bits per heavy atom. The number of halogens is 2. The van der Waals surface area contributed by atoms with Crippen LogP contribution in [0.1, 0.15) is 19.4 Å². The molecule has 1 aromatic rings. The second-order valence-corrected chi connectivity index (χ2v) is 4.97. The van der Waals surface area contributed by atoms with Crippen LogP contribution >= 0.6 is 24.0 Å². The number of anilines is 1. The summed E-state index contributed by atoms with van der Waals surface area (Å²) in [5, 5.41) is 6.56. The van der Waals surface area contributed by atoms with Gasteiger partial charge in [0.25, 0.3) is 0 Å². The van der Waals surface area contributed by atoms with Gasteiger partial charge in [-0.05, 0) is 37.1 Å². The fourth-order valence-electron chi connectivity index (χ4n) is 1.40. The highest BCUT2D eigenvalue weighted by Gasteiger charge is 2.05. The molecular weight excluding hydrogens is 271 g/mol. The van der Waals surface area contributed by atoms with Gasteiger partial charge in [0, 0.05) is 10.7 Å². The average Bonchev–Trinajstić information content (AvgIpc) is 2.23. The number of hydrogen-bond donors (Lipinski definition) is 2. The molecule has 0 aliphatic heterocycles. The number of carbonyl (C=O) groups excluding carboxylic acids is 1. The Morgan fingerprint density at radius 1 is 1.39 bits per heavy atom. The molecule has 18 heavy (non-hydrogen) atoms. The molecule has 0 aromatic heterocycles. The van der Waals surface area contributed by atoms with Crippen LogP contribution in [0.5, 0.6) is 0 Å². The fourth-order valence-corrected chi connectivity index (χ4v) is 1.57. The molecule has 3 nitrogen and oxygen atoms in total. The van der Waals surface area contributed by atoms with E-state index in [1.165, 1.54) is 0 Å². The molecule has 0 saturated carbocycles. The predicted octanol–water partition coefficient (Wildman–Crippen LogP) is 3.25. The molecule has 0 heterocycles. The van der Waals surface area contributed by atoms with Crippen LogP contribution in [0.3, 0.4) is 0 Å². The van der Waals surface area contributed by atoms with Crippen molar-refractivity contribution in [1.29, 1.82) is 0 Å². The van der Waals surface area contributed by atoms with E-state index in [0.29, 0.717) is 17.5 Å². The zero-order valence-corrected chi connectivity index (χ0v) is 12.5. The first-order valence-corrected chi connectivity index (χ1v) is 6.13. The highest BCUT2D eigenvalue weighted by Crippen LogP contribution is 2.19. The molecule has 0 fully saturated rings. The normalized spacial score (nSPS) is 10.1. The van der Waals surface area contributed by atoms with Gasteiger partial charge in [-0.3, -0.25) is 4.79 Å². The second-order valence-electron chi connectivity index (χ2n) is 4.53. The van der Waals surface area contributed by atoms with Crippen molar-refractivity contribution in [1.82, 2.24) is 5.32 Å². The average molecular weight is 291 g/mol. The van der Waals surface area contributed by atoms with Crippen molar-refractivity contribution in [3.63, 3.8) is 0 Å². The standard InChI is InChI=1S/C13H19ClN2O.ClH/c1-9(2)7-15-8-13(17)16-12-6-11(14)5-4-10(12)3;/h4-6,9,15H,7-8H2,1-3H3,(H,16,17);1H. The van der Waals surface area contributed by atoms with Gasteiger partial charge in [0.1, 0.15) is 0 Å². The molecule has 1 amide bonds. The van der Waals surface area contributed by atoms with Gasteiger partial charge in [0.15, 0.2) is 0 Å². The summed E-state index contributed by atoms with van der Waals surface area (Å²) in [5.41, 5.74) is 1.78. The lowest BCUT2D eigenvalue weighted by Gasteiger charge is -2.10. The lowest BCUT2D eigenvalue weighted by atomic mass is 10.2. The highest BCUT2D eigenvalue weighted by atomic mass is 35.5. The van der Waals surface area contributed by atoms with Crippen molar-refractivity contribution < 1.29 is 4.79 Å². The molecule has 0 saturated heterocycles. The lowest BCUT2D eigenvalue weighted by molar-refractivity contribution is -0.115. The van der Waals surface area contributed by atoms with E-state index in [2.05, 4.69) is 24.5 Å². The first kappa shape index (κ1) is 17.2. The monoisotopic (exact) mass is 290 g/mol. The minimum absolute atomic E-state index is 0. The second kappa shape index (κ2) is 8.35. The zero-order valence-electron chi connectivity index (χ0n) is 10.9. The maximum absolute atomic E-state index is 11.6. The first-order valence-electron chi connectivity index (χ1n) is 5.75. The van der Waals surface area contributed by atoms with E-state index < -0.39 is 0 Å². The van der Waals surface area contributed by atoms with Crippen LogP contribution < -0.4 is 10.6 Å². The van der Waals surface area contributed by atoms with Crippen molar-refractivity contribution in [2.24, 2.45) is 5.92 Å². The topological polar surface area (TPSA) is 41.1 Å². The van der Waals surface area contributed by atoms with Crippen LogP contribution in [0, 0.1) is 12.8 Å². The summed E-state index contributed by atoms with van der Waals surface area (Å²) in [6.07, 6.45) is 0. The van der Waals surface area contributed by atoms with Crippen LogP contribution in [-0.4, -0.2) is 19.0 Å². The van der Waals surface area contributed by atoms with Gasteiger partial charge in [-0.1, -0.05) is 31.5 Å². The Hall–Kier alpha value is -0.770. The number of nitrogens with one attached hydrogen (secondary N) is 2. The van der Waals surface area contributed by atoms with E-state index in [0.717, 1.165) is 17.8 Å². The summed E-state index contributed by atoms with van der Waals surface area (Å²) in [7, 11) is 0. The van der Waals surface area contributed by atoms with Gasteiger partial charge in [0.2, 0.25) is 5.91 Å². The third-order valence-corrected chi connectivity index (χ3v) is 2.55. The Labute approximate surface area is 120 Å². The van der Waals surface area contributed by atoms with E-state index in [1.54, 1.807) is 6.07 Å². The predicted molar refractivity (Wildman–Crippen MR) is 79.8 cm³/mol. The smallest absolute Gasteiger partial charge is 0.238 e. The molecule has 0 aliphatic carbocycles. The van der Waals surface area contributed by atoms with Crippen LogP contribution in [0.15, 0.2) is 18.2 Å². The van der Waals surface area contributed by atoms with Crippen molar-refractivity contribution >= 4 is 35.6 Å². The molecule has 5 heteroatoms. The third kappa shape index (κ3) is 6.24. The molecule has 1 aromatic carbocycles. The molecule has 0 bridgehead atoms. The number of amides is 1. The number of hydrogen-bond acceptors (Lipinski definition) is 2. The largest absolute Gasteiger partial charge is 0.325 e. The van der Waals surface area contributed by atoms with Gasteiger partial charge in [0.05, 0.1) is 6.54 Å². The van der Waals surface area contributed by atoms with E-state index in [4.69, 9.17) is 11.6 Å². The minimum atomic E-state index is -0.0454. The highest BCUT2D eigenvalue weighted by molar-refractivity contribution is 6.31. The molecule has 0 spiro atoms. The summed E-state index contributed by atoms with van der Waals surface area (Å²) < 4.78 is 0. The van der Waals surface area contributed by atoms with Gasteiger partial charge in [-0.15, -0.1) is 12.4 Å². The Balaban J connectivity index is 0.00000289. The van der Waals surface area contributed by atoms with Gasteiger partial charge in [-0.25, -0.2) is 0 Å². The Morgan fingerprint density at radius 2 is 2.06 bits per heavy atom. The lowest BCUT2D eigenvalue weighted by Crippen LogP contribution is -2.30. The minimum Gasteiger partial charge on any atom is -0.325 e. The van der Waals surface area contributed by atoms with E-state index in [-0.39, 0.29) is 18.3 Å². The summed E-state index contributed by atoms with van der Waals surface area (Å²) in [5.74, 6) is 0.492. The van der Waals surface area contributed by atoms with Gasteiger partial charge in [-0.2, -0.15) is 0 Å². The molecule has 0 unspecified atom stereocenters. The quantitative estimate of drug-likeness (QED) is 0.874. The number of benzene rings is 1. The molecule has 0 atom stereocenters. The third-order valence-electron chi connectivity index (χ3n) is 2.31. The number of rotatable bonds is 5. The van der Waals surface area contributed by atoms with Crippen molar-refractivity contribution in [2.45, 2.75) is 20.8 Å². The van der Waals surface area contributed by atoms with Gasteiger partial charge < -0.3 is 10.6 Å². The summed E-state index contributed by atoms with van der Waals surface area (Å²) in [4.78, 5) is 11.6. The number of carbonyl (C=O) groups is 1. The van der Waals surface area contributed by atoms with Crippen molar-refractivity contribution in [2.75, 3.05) is 18.4 Å². The molecular formula is C13H20Cl2N2O. The van der Waals surface area contributed by atoms with E-state index >= 15 is 0 Å². The maximum Gasteiger partial charge on any atom is 0.238 e. The molecule has 102 valence electrons. The zero-order chi connectivity index (χ0) is 12.8. The molecule has 1 rings (SSSR count). The first-order chi connectivity index (χ1) is 7.99. The fraction of sp³-hybridized carbons (Fsp3) is 0.462. The van der Waals surface area contributed by atoms with Gasteiger partial charge >= 0.3 is 0 Å². The Kier molecular flexibility index (Phi) is 8.00. The SMILES string of the molecule is Cc1ccc(Cl)cc1NC(=O)CNCC(C)C.Cl. The maximum atomic E-state index is 11.6. The van der Waals surface area contributed by atoms with Crippen LogP contribution in [0.25, 0.3) is 0 Å². The Bertz CT molecular complexity index is 395. The van der Waals surface area contributed by atoms with E-state index in [9.17, 15) is 4.79 Å². The van der Waals surface area contributed by atoms with Crippen LogP contribution in [0.2, 0.25) is 5.02 Å². The van der Waals surface area contributed by atoms with Crippen LogP contribution in [0.4, 0.5) is 5.69 Å². The molecule has 0 aliphatic rings.